The van der Waals surface area contributed by atoms with E-state index < -0.39 is 0 Å². The summed E-state index contributed by atoms with van der Waals surface area (Å²) in [6.45, 7) is 10.0. The number of likely N-dealkylation sites (tertiary alicyclic amines) is 2. The lowest BCUT2D eigenvalue weighted by atomic mass is 9.78. The molecule has 1 saturated carbocycles. The number of nitrogens with zero attached hydrogens (tertiary/aromatic N) is 3. The average molecular weight is 378 g/mol. The van der Waals surface area contributed by atoms with Crippen LogP contribution >= 0.6 is 0 Å². The zero-order chi connectivity index (χ0) is 19.0. The first-order chi connectivity index (χ1) is 12.9. The number of amides is 2. The van der Waals surface area contributed by atoms with Crippen molar-refractivity contribution in [2.45, 2.75) is 64.6 Å². The molecule has 0 aromatic carbocycles. The number of carbonyl (C=O) groups is 2. The summed E-state index contributed by atoms with van der Waals surface area (Å²) in [5.41, 5.74) is -0.287. The Bertz CT molecular complexity index is 569. The van der Waals surface area contributed by atoms with Crippen LogP contribution in [0.5, 0.6) is 0 Å². The molecule has 4 fully saturated rings. The van der Waals surface area contributed by atoms with Crippen LogP contribution in [0.1, 0.15) is 52.4 Å². The van der Waals surface area contributed by atoms with Crippen molar-refractivity contribution in [1.29, 1.82) is 0 Å². The molecule has 4 aliphatic rings. The molecule has 0 aromatic heterocycles. The predicted octanol–water partition coefficient (Wildman–Crippen LogP) is 1.74. The molecular formula is C21H35N3O3. The molecule has 1 spiro atoms. The Hall–Kier alpha value is -1.14. The van der Waals surface area contributed by atoms with E-state index in [0.29, 0.717) is 18.9 Å². The van der Waals surface area contributed by atoms with Gasteiger partial charge in [-0.25, -0.2) is 0 Å². The van der Waals surface area contributed by atoms with Gasteiger partial charge in [0.1, 0.15) is 0 Å². The molecule has 152 valence electrons. The lowest BCUT2D eigenvalue weighted by molar-refractivity contribution is -0.146. The number of hydrogen-bond acceptors (Lipinski definition) is 4. The number of carbonyl (C=O) groups excluding carboxylic acids is 2. The molecular weight excluding hydrogens is 342 g/mol. The van der Waals surface area contributed by atoms with Gasteiger partial charge in [0, 0.05) is 52.2 Å². The van der Waals surface area contributed by atoms with Crippen LogP contribution < -0.4 is 0 Å². The largest absolute Gasteiger partial charge is 0.373 e. The van der Waals surface area contributed by atoms with Crippen LogP contribution in [-0.4, -0.2) is 84.5 Å². The van der Waals surface area contributed by atoms with E-state index in [9.17, 15) is 9.59 Å². The van der Waals surface area contributed by atoms with E-state index in [4.69, 9.17) is 4.74 Å². The molecule has 0 bridgehead atoms. The lowest BCUT2D eigenvalue weighted by Gasteiger charge is -2.39. The SMILES string of the molecule is C[C@@H]1CN(CCC(=O)N2CC[C@@]3(CCCN(CC4CC4)C3=O)C2)C[C@H](C)O1. The third kappa shape index (κ3) is 4.32. The van der Waals surface area contributed by atoms with E-state index in [2.05, 4.69) is 23.6 Å². The van der Waals surface area contributed by atoms with Crippen LogP contribution in [0.4, 0.5) is 0 Å². The second kappa shape index (κ2) is 7.70. The third-order valence-electron chi connectivity index (χ3n) is 6.84. The molecule has 0 N–H and O–H groups in total. The standard InChI is InChI=1S/C21H35N3O3/c1-16-12-22(13-17(2)27-16)10-6-19(25)24-11-8-21(15-24)7-3-9-23(20(21)26)14-18-4-5-18/h16-18H,3-15H2,1-2H3/t16-,17+,21-/m0/s1. The molecule has 3 aliphatic heterocycles. The highest BCUT2D eigenvalue weighted by Gasteiger charge is 2.49. The zero-order valence-electron chi connectivity index (χ0n) is 17.0. The van der Waals surface area contributed by atoms with Gasteiger partial charge < -0.3 is 14.5 Å². The quantitative estimate of drug-likeness (QED) is 0.732. The van der Waals surface area contributed by atoms with Crippen molar-refractivity contribution in [2.75, 3.05) is 45.8 Å². The highest BCUT2D eigenvalue weighted by molar-refractivity contribution is 5.86. The first-order valence-corrected chi connectivity index (χ1v) is 10.9. The van der Waals surface area contributed by atoms with Crippen molar-refractivity contribution in [2.24, 2.45) is 11.3 Å². The van der Waals surface area contributed by atoms with Crippen LogP contribution in [0.2, 0.25) is 0 Å². The molecule has 6 nitrogen and oxygen atoms in total. The van der Waals surface area contributed by atoms with Crippen molar-refractivity contribution >= 4 is 11.8 Å². The highest BCUT2D eigenvalue weighted by Crippen LogP contribution is 2.41. The zero-order valence-corrected chi connectivity index (χ0v) is 17.0. The molecule has 0 unspecified atom stereocenters. The molecule has 2 amide bonds. The Morgan fingerprint density at radius 1 is 1.15 bits per heavy atom. The molecule has 0 radical (unpaired) electrons. The van der Waals surface area contributed by atoms with Crippen molar-refractivity contribution in [1.82, 2.24) is 14.7 Å². The average Bonchev–Trinajstić information content (AvgIpc) is 3.34. The van der Waals surface area contributed by atoms with Gasteiger partial charge in [0.15, 0.2) is 0 Å². The highest BCUT2D eigenvalue weighted by atomic mass is 16.5. The maximum atomic E-state index is 13.1. The van der Waals surface area contributed by atoms with Crippen LogP contribution in [0.15, 0.2) is 0 Å². The van der Waals surface area contributed by atoms with Crippen LogP contribution in [-0.2, 0) is 14.3 Å². The van der Waals surface area contributed by atoms with E-state index in [1.54, 1.807) is 0 Å². The normalized spacial score (nSPS) is 35.3. The third-order valence-corrected chi connectivity index (χ3v) is 6.84. The molecule has 3 saturated heterocycles. The first kappa shape index (κ1) is 19.2. The Morgan fingerprint density at radius 3 is 2.59 bits per heavy atom. The smallest absolute Gasteiger partial charge is 0.230 e. The first-order valence-electron chi connectivity index (χ1n) is 10.9. The minimum atomic E-state index is -0.287. The fourth-order valence-electron chi connectivity index (χ4n) is 5.28. The van der Waals surface area contributed by atoms with Crippen LogP contribution in [0.25, 0.3) is 0 Å². The number of piperidine rings is 1. The van der Waals surface area contributed by atoms with E-state index in [1.807, 2.05) is 4.90 Å². The summed E-state index contributed by atoms with van der Waals surface area (Å²) in [4.78, 5) is 32.3. The minimum Gasteiger partial charge on any atom is -0.373 e. The van der Waals surface area contributed by atoms with Crippen molar-refractivity contribution in [3.05, 3.63) is 0 Å². The van der Waals surface area contributed by atoms with Gasteiger partial charge in [-0.2, -0.15) is 0 Å². The molecule has 3 heterocycles. The second-order valence-corrected chi connectivity index (χ2v) is 9.41. The summed E-state index contributed by atoms with van der Waals surface area (Å²) in [5, 5.41) is 0. The topological polar surface area (TPSA) is 53.1 Å². The molecule has 1 aliphatic carbocycles. The van der Waals surface area contributed by atoms with E-state index in [1.165, 1.54) is 12.8 Å². The number of rotatable bonds is 5. The molecule has 6 heteroatoms. The van der Waals surface area contributed by atoms with Gasteiger partial charge in [0.25, 0.3) is 0 Å². The van der Waals surface area contributed by atoms with Crippen LogP contribution in [0.3, 0.4) is 0 Å². The van der Waals surface area contributed by atoms with E-state index in [0.717, 1.165) is 64.4 Å². The second-order valence-electron chi connectivity index (χ2n) is 9.41. The van der Waals surface area contributed by atoms with Gasteiger partial charge in [-0.1, -0.05) is 0 Å². The maximum absolute atomic E-state index is 13.1. The van der Waals surface area contributed by atoms with Crippen molar-refractivity contribution < 1.29 is 14.3 Å². The van der Waals surface area contributed by atoms with E-state index >= 15 is 0 Å². The summed E-state index contributed by atoms with van der Waals surface area (Å²) in [7, 11) is 0. The molecule has 3 atom stereocenters. The van der Waals surface area contributed by atoms with Gasteiger partial charge in [-0.15, -0.1) is 0 Å². The molecule has 4 rings (SSSR count). The fourth-order valence-corrected chi connectivity index (χ4v) is 5.28. The maximum Gasteiger partial charge on any atom is 0.230 e. The molecule has 0 aromatic rings. The van der Waals surface area contributed by atoms with Gasteiger partial charge in [-0.3, -0.25) is 14.5 Å². The van der Waals surface area contributed by atoms with Crippen molar-refractivity contribution in [3.63, 3.8) is 0 Å². The van der Waals surface area contributed by atoms with Crippen molar-refractivity contribution in [3.8, 4) is 0 Å². The van der Waals surface area contributed by atoms with Gasteiger partial charge in [0.05, 0.1) is 17.6 Å². The lowest BCUT2D eigenvalue weighted by Crippen LogP contribution is -2.51. The predicted molar refractivity (Wildman–Crippen MR) is 103 cm³/mol. The number of hydrogen-bond donors (Lipinski definition) is 0. The summed E-state index contributed by atoms with van der Waals surface area (Å²) in [5.74, 6) is 1.28. The Kier molecular flexibility index (Phi) is 5.48. The summed E-state index contributed by atoms with van der Waals surface area (Å²) in [6.07, 6.45) is 6.46. The van der Waals surface area contributed by atoms with Gasteiger partial charge >= 0.3 is 0 Å². The molecule has 27 heavy (non-hydrogen) atoms. The monoisotopic (exact) mass is 377 g/mol. The number of morpholine rings is 1. The van der Waals surface area contributed by atoms with Crippen LogP contribution in [0, 0.1) is 11.3 Å². The summed E-state index contributed by atoms with van der Waals surface area (Å²) in [6, 6.07) is 0. The van der Waals surface area contributed by atoms with Gasteiger partial charge in [-0.05, 0) is 51.9 Å². The summed E-state index contributed by atoms with van der Waals surface area (Å²) >= 11 is 0. The Morgan fingerprint density at radius 2 is 1.89 bits per heavy atom. The Balaban J connectivity index is 1.29. The summed E-state index contributed by atoms with van der Waals surface area (Å²) < 4.78 is 5.77. The van der Waals surface area contributed by atoms with E-state index in [-0.39, 0.29) is 23.5 Å². The fraction of sp³-hybridized carbons (Fsp3) is 0.905. The minimum absolute atomic E-state index is 0.214. The number of ether oxygens (including phenoxy) is 1. The Labute approximate surface area is 163 Å². The van der Waals surface area contributed by atoms with Gasteiger partial charge in [0.2, 0.25) is 11.8 Å².